The Kier molecular flexibility index (Phi) is 5.76. The minimum atomic E-state index is -4.64. The van der Waals surface area contributed by atoms with Gasteiger partial charge in [0.05, 0.1) is 18.4 Å². The average molecular weight is 395 g/mol. The Balaban J connectivity index is 1.52. The van der Waals surface area contributed by atoms with E-state index in [9.17, 15) is 22.8 Å². The van der Waals surface area contributed by atoms with Crippen LogP contribution in [-0.2, 0) is 9.59 Å². The van der Waals surface area contributed by atoms with Crippen LogP contribution in [0.4, 0.5) is 13.2 Å². The highest BCUT2D eigenvalue weighted by molar-refractivity contribution is 5.88. The minimum Gasteiger partial charge on any atom is -0.493 e. The average Bonchev–Trinajstić information content (AvgIpc) is 3.11. The zero-order valence-electron chi connectivity index (χ0n) is 15.0. The molecule has 1 N–H and O–H groups in total. The summed E-state index contributed by atoms with van der Waals surface area (Å²) >= 11 is 0. The third-order valence-electron chi connectivity index (χ3n) is 4.95. The summed E-state index contributed by atoms with van der Waals surface area (Å²) in [7, 11) is 0. The van der Waals surface area contributed by atoms with Crippen molar-refractivity contribution in [3.8, 4) is 5.75 Å². The van der Waals surface area contributed by atoms with Gasteiger partial charge in [-0.05, 0) is 17.9 Å². The Labute approximate surface area is 159 Å². The van der Waals surface area contributed by atoms with E-state index in [4.69, 9.17) is 9.84 Å². The zero-order valence-corrected chi connectivity index (χ0v) is 15.0. The molecule has 0 radical (unpaired) electrons. The number of aliphatic carboxylic acids is 1. The van der Waals surface area contributed by atoms with E-state index in [1.165, 1.54) is 0 Å². The second-order valence-corrected chi connectivity index (χ2v) is 6.82. The Hall–Kier alpha value is -2.77. The van der Waals surface area contributed by atoms with Gasteiger partial charge in [0.1, 0.15) is 5.75 Å². The minimum absolute atomic E-state index is 0.00167. The third kappa shape index (κ3) is 4.37. The molecule has 0 bridgehead atoms. The van der Waals surface area contributed by atoms with Crippen LogP contribution in [0.15, 0.2) is 42.5 Å². The Bertz CT molecular complexity index is 863. The van der Waals surface area contributed by atoms with Gasteiger partial charge in [-0.15, -0.1) is 0 Å². The first-order valence-electron chi connectivity index (χ1n) is 8.95. The lowest BCUT2D eigenvalue weighted by Gasteiger charge is -2.18. The SMILES string of the molecule is O=C(O)[C@@H]1CN(C(=O)CCCOc2cccc3ccccc23)C[C@H]1C(F)(F)F. The van der Waals surface area contributed by atoms with E-state index in [0.717, 1.165) is 15.7 Å². The number of carboxylic acids is 1. The van der Waals surface area contributed by atoms with E-state index in [1.54, 1.807) is 0 Å². The molecule has 1 aliphatic rings. The summed E-state index contributed by atoms with van der Waals surface area (Å²) in [4.78, 5) is 24.3. The van der Waals surface area contributed by atoms with Crippen LogP contribution < -0.4 is 4.74 Å². The highest BCUT2D eigenvalue weighted by Gasteiger charge is 2.53. The van der Waals surface area contributed by atoms with Gasteiger partial charge in [-0.2, -0.15) is 13.2 Å². The molecule has 0 aromatic heterocycles. The van der Waals surface area contributed by atoms with Crippen LogP contribution in [0.5, 0.6) is 5.75 Å². The fourth-order valence-electron chi connectivity index (χ4n) is 3.47. The molecule has 0 spiro atoms. The predicted octanol–water partition coefficient (Wildman–Crippen LogP) is 3.72. The largest absolute Gasteiger partial charge is 0.493 e. The molecule has 5 nitrogen and oxygen atoms in total. The van der Waals surface area contributed by atoms with E-state index in [-0.39, 0.29) is 13.0 Å². The number of carbonyl (C=O) groups excluding carboxylic acids is 1. The number of halogens is 3. The van der Waals surface area contributed by atoms with E-state index in [2.05, 4.69) is 0 Å². The zero-order chi connectivity index (χ0) is 20.3. The van der Waals surface area contributed by atoms with E-state index in [1.807, 2.05) is 42.5 Å². The van der Waals surface area contributed by atoms with E-state index in [0.29, 0.717) is 12.2 Å². The molecule has 8 heteroatoms. The predicted molar refractivity (Wildman–Crippen MR) is 95.9 cm³/mol. The van der Waals surface area contributed by atoms with Gasteiger partial charge in [0, 0.05) is 24.9 Å². The second-order valence-electron chi connectivity index (χ2n) is 6.82. The van der Waals surface area contributed by atoms with Gasteiger partial charge in [-0.1, -0.05) is 36.4 Å². The number of hydrogen-bond donors (Lipinski definition) is 1. The maximum atomic E-state index is 13.0. The molecule has 3 rings (SSSR count). The molecule has 0 saturated carbocycles. The molecule has 1 heterocycles. The summed E-state index contributed by atoms with van der Waals surface area (Å²) in [5, 5.41) is 11.0. The highest BCUT2D eigenvalue weighted by atomic mass is 19.4. The third-order valence-corrected chi connectivity index (χ3v) is 4.95. The molecule has 1 fully saturated rings. The first kappa shape index (κ1) is 20.0. The van der Waals surface area contributed by atoms with Crippen molar-refractivity contribution in [2.24, 2.45) is 11.8 Å². The van der Waals surface area contributed by atoms with Crippen LogP contribution in [-0.4, -0.2) is 47.8 Å². The number of rotatable bonds is 6. The highest BCUT2D eigenvalue weighted by Crippen LogP contribution is 2.38. The molecular weight excluding hydrogens is 375 g/mol. The van der Waals surface area contributed by atoms with Crippen LogP contribution in [0, 0.1) is 11.8 Å². The monoisotopic (exact) mass is 395 g/mol. The lowest BCUT2D eigenvalue weighted by atomic mass is 9.96. The molecule has 150 valence electrons. The second kappa shape index (κ2) is 8.08. The standard InChI is InChI=1S/C20H20F3NO4/c21-20(22,23)16-12-24(11-15(16)19(26)27)18(25)9-4-10-28-17-8-3-6-13-5-1-2-7-14(13)17/h1-3,5-8,15-16H,4,9-12H2,(H,26,27)/t15-,16-/m1/s1. The summed E-state index contributed by atoms with van der Waals surface area (Å²) in [6.45, 7) is -0.787. The van der Waals surface area contributed by atoms with Crippen molar-refractivity contribution in [1.29, 1.82) is 0 Å². The number of carboxylic acid groups (broad SMARTS) is 1. The van der Waals surface area contributed by atoms with Crippen molar-refractivity contribution in [2.75, 3.05) is 19.7 Å². The molecule has 0 unspecified atom stereocenters. The van der Waals surface area contributed by atoms with E-state index >= 15 is 0 Å². The molecule has 28 heavy (non-hydrogen) atoms. The van der Waals surface area contributed by atoms with Gasteiger partial charge < -0.3 is 14.7 Å². The maximum Gasteiger partial charge on any atom is 0.394 e. The Morgan fingerprint density at radius 2 is 1.82 bits per heavy atom. The van der Waals surface area contributed by atoms with Gasteiger partial charge in [0.25, 0.3) is 0 Å². The molecule has 2 aromatic rings. The van der Waals surface area contributed by atoms with Gasteiger partial charge in [0.2, 0.25) is 5.91 Å². The van der Waals surface area contributed by atoms with Gasteiger partial charge in [-0.25, -0.2) is 0 Å². The van der Waals surface area contributed by atoms with Crippen LogP contribution in [0.3, 0.4) is 0 Å². The summed E-state index contributed by atoms with van der Waals surface area (Å²) in [6.07, 6.45) is -4.32. The first-order chi connectivity index (χ1) is 13.3. The number of nitrogens with zero attached hydrogens (tertiary/aromatic N) is 1. The topological polar surface area (TPSA) is 66.8 Å². The smallest absolute Gasteiger partial charge is 0.394 e. The van der Waals surface area contributed by atoms with Crippen molar-refractivity contribution in [3.05, 3.63) is 42.5 Å². The molecule has 2 atom stereocenters. The molecule has 1 amide bonds. The molecule has 1 saturated heterocycles. The van der Waals surface area contributed by atoms with Crippen LogP contribution >= 0.6 is 0 Å². The number of alkyl halides is 3. The summed E-state index contributed by atoms with van der Waals surface area (Å²) in [6, 6.07) is 13.3. The maximum absolute atomic E-state index is 13.0. The normalized spacial score (nSPS) is 19.8. The first-order valence-corrected chi connectivity index (χ1v) is 8.95. The van der Waals surface area contributed by atoms with Gasteiger partial charge >= 0.3 is 12.1 Å². The number of ether oxygens (including phenoxy) is 1. The van der Waals surface area contributed by atoms with E-state index < -0.39 is 43.0 Å². The number of likely N-dealkylation sites (tertiary alicyclic amines) is 1. The molecule has 1 aliphatic heterocycles. The van der Waals surface area contributed by atoms with Gasteiger partial charge in [-0.3, -0.25) is 9.59 Å². The number of benzene rings is 2. The fraction of sp³-hybridized carbons (Fsp3) is 0.400. The van der Waals surface area contributed by atoms with Crippen LogP contribution in [0.25, 0.3) is 10.8 Å². The molecule has 2 aromatic carbocycles. The fourth-order valence-corrected chi connectivity index (χ4v) is 3.47. The summed E-state index contributed by atoms with van der Waals surface area (Å²) in [5.41, 5.74) is 0. The number of hydrogen-bond acceptors (Lipinski definition) is 3. The molecule has 0 aliphatic carbocycles. The van der Waals surface area contributed by atoms with Crippen molar-refractivity contribution < 1.29 is 32.6 Å². The lowest BCUT2D eigenvalue weighted by molar-refractivity contribution is -0.188. The van der Waals surface area contributed by atoms with Crippen molar-refractivity contribution >= 4 is 22.6 Å². The lowest BCUT2D eigenvalue weighted by Crippen LogP contribution is -2.34. The van der Waals surface area contributed by atoms with Crippen molar-refractivity contribution in [2.45, 2.75) is 19.0 Å². The molecular formula is C20H20F3NO4. The van der Waals surface area contributed by atoms with Crippen LogP contribution in [0.1, 0.15) is 12.8 Å². The van der Waals surface area contributed by atoms with Crippen molar-refractivity contribution in [1.82, 2.24) is 4.90 Å². The summed E-state index contributed by atoms with van der Waals surface area (Å²) < 4.78 is 44.7. The van der Waals surface area contributed by atoms with Gasteiger partial charge in [0.15, 0.2) is 0 Å². The van der Waals surface area contributed by atoms with Crippen molar-refractivity contribution in [3.63, 3.8) is 0 Å². The quantitative estimate of drug-likeness (QED) is 0.757. The van der Waals surface area contributed by atoms with Crippen LogP contribution in [0.2, 0.25) is 0 Å². The Morgan fingerprint density at radius 3 is 2.50 bits per heavy atom. The number of amides is 1. The number of fused-ring (bicyclic) bond motifs is 1. The summed E-state index contributed by atoms with van der Waals surface area (Å²) in [5.74, 6) is -4.98. The Morgan fingerprint density at radius 1 is 1.11 bits per heavy atom. The number of carbonyl (C=O) groups is 2.